The molecule has 1 heterocycles. The van der Waals surface area contributed by atoms with Crippen molar-refractivity contribution < 1.29 is 32.0 Å². The number of cyclic esters (lactones) is 2. The van der Waals surface area contributed by atoms with Crippen LogP contribution in [0.5, 0.6) is 0 Å². The van der Waals surface area contributed by atoms with Crippen molar-refractivity contribution in [2.24, 2.45) is 0 Å². The maximum Gasteiger partial charge on any atom is 0.350 e. The molecule has 0 radical (unpaired) electrons. The largest absolute Gasteiger partial charge is 0.419 e. The van der Waals surface area contributed by atoms with Crippen molar-refractivity contribution in [2.75, 3.05) is 5.32 Å². The molecule has 0 atom stereocenters. The highest BCUT2D eigenvalue weighted by Gasteiger charge is 2.38. The fourth-order valence-corrected chi connectivity index (χ4v) is 3.22. The van der Waals surface area contributed by atoms with Gasteiger partial charge in [0, 0.05) is 31.1 Å². The van der Waals surface area contributed by atoms with E-state index in [-0.39, 0.29) is 10.5 Å². The molecule has 3 rings (SSSR count). The van der Waals surface area contributed by atoms with E-state index in [0.717, 1.165) is 6.20 Å². The summed E-state index contributed by atoms with van der Waals surface area (Å²) in [5, 5.41) is 3.66. The van der Waals surface area contributed by atoms with Crippen molar-refractivity contribution in [3.63, 3.8) is 0 Å². The Hall–Kier alpha value is -2.91. The van der Waals surface area contributed by atoms with Crippen LogP contribution in [0, 0.1) is 0 Å². The molecule has 9 heteroatoms. The molecule has 0 bridgehead atoms. The number of hydrogen-bond acceptors (Lipinski definition) is 7. The molecule has 0 aliphatic carbocycles. The van der Waals surface area contributed by atoms with Crippen molar-refractivity contribution in [2.45, 2.75) is 24.5 Å². The average Bonchev–Trinajstić information content (AvgIpc) is 2.51. The number of nitrogens with one attached hydrogen (secondary N) is 1. The molecule has 0 unspecified atom stereocenters. The quantitative estimate of drug-likeness (QED) is 0.362. The fourth-order valence-electron chi connectivity index (χ4n) is 2.50. The third kappa shape index (κ3) is 3.53. The summed E-state index contributed by atoms with van der Waals surface area (Å²) in [6.07, 6.45) is 1.16. The minimum atomic E-state index is -4.35. The van der Waals surface area contributed by atoms with Crippen molar-refractivity contribution in [1.82, 2.24) is 0 Å². The van der Waals surface area contributed by atoms with E-state index in [2.05, 4.69) is 5.32 Å². The van der Waals surface area contributed by atoms with Gasteiger partial charge >= 0.3 is 11.9 Å². The van der Waals surface area contributed by atoms with E-state index in [9.17, 15) is 22.6 Å². The summed E-state index contributed by atoms with van der Waals surface area (Å²) in [5.74, 6) is -2.94. The van der Waals surface area contributed by atoms with Crippen LogP contribution in [0.15, 0.2) is 53.1 Å². The Labute approximate surface area is 149 Å². The predicted octanol–water partition coefficient (Wildman–Crippen LogP) is 2.22. The Morgan fingerprint density at radius 3 is 2.35 bits per heavy atom. The van der Waals surface area contributed by atoms with Gasteiger partial charge in [-0.3, -0.25) is 4.55 Å². The van der Waals surface area contributed by atoms with Gasteiger partial charge in [0.2, 0.25) is 0 Å². The first-order valence-corrected chi connectivity index (χ1v) is 8.94. The van der Waals surface area contributed by atoms with Gasteiger partial charge in [-0.1, -0.05) is 18.2 Å². The third-order valence-corrected chi connectivity index (χ3v) is 4.53. The van der Waals surface area contributed by atoms with Crippen molar-refractivity contribution in [1.29, 1.82) is 0 Å². The molecule has 2 aromatic carbocycles. The first-order valence-electron chi connectivity index (χ1n) is 7.50. The number of hydrogen-bond donors (Lipinski definition) is 2. The maximum atomic E-state index is 11.9. The van der Waals surface area contributed by atoms with E-state index in [1.54, 1.807) is 12.1 Å². The van der Waals surface area contributed by atoms with E-state index >= 15 is 0 Å². The molecule has 1 saturated heterocycles. The topological polar surface area (TPSA) is 119 Å². The summed E-state index contributed by atoms with van der Waals surface area (Å²) in [5.41, 5.74) is 0.194. The van der Waals surface area contributed by atoms with Crippen LogP contribution in [-0.4, -0.2) is 30.7 Å². The van der Waals surface area contributed by atoms with Gasteiger partial charge in [-0.15, -0.1) is 0 Å². The molecule has 1 aliphatic heterocycles. The van der Waals surface area contributed by atoms with Gasteiger partial charge in [-0.05, 0) is 23.6 Å². The molecule has 136 valence electrons. The fraction of sp³-hybridized carbons (Fsp3) is 0.176. The van der Waals surface area contributed by atoms with Crippen LogP contribution >= 0.6 is 0 Å². The minimum absolute atomic E-state index is 0.207. The van der Waals surface area contributed by atoms with E-state index in [1.165, 1.54) is 38.1 Å². The first-order chi connectivity index (χ1) is 12.1. The van der Waals surface area contributed by atoms with Gasteiger partial charge < -0.3 is 14.8 Å². The molecule has 2 aromatic rings. The number of carbonyl (C=O) groups excluding carboxylic acids is 2. The lowest BCUT2D eigenvalue weighted by Gasteiger charge is -2.29. The van der Waals surface area contributed by atoms with Crippen LogP contribution in [0.3, 0.4) is 0 Å². The number of rotatable bonds is 3. The number of carbonyl (C=O) groups is 2. The monoisotopic (exact) mass is 377 g/mol. The molecule has 1 fully saturated rings. The Morgan fingerprint density at radius 2 is 1.73 bits per heavy atom. The van der Waals surface area contributed by atoms with E-state index in [0.29, 0.717) is 16.5 Å². The van der Waals surface area contributed by atoms with Crippen LogP contribution in [0.2, 0.25) is 0 Å². The predicted molar refractivity (Wildman–Crippen MR) is 91.7 cm³/mol. The van der Waals surface area contributed by atoms with Crippen LogP contribution in [-0.2, 0) is 29.2 Å². The van der Waals surface area contributed by atoms with E-state index in [1.807, 2.05) is 0 Å². The van der Waals surface area contributed by atoms with Gasteiger partial charge in [0.05, 0.1) is 0 Å². The maximum absolute atomic E-state index is 11.9. The molecule has 0 saturated carbocycles. The normalized spacial score (nSPS) is 16.8. The lowest BCUT2D eigenvalue weighted by molar-refractivity contribution is -0.222. The number of benzene rings is 2. The lowest BCUT2D eigenvalue weighted by Crippen LogP contribution is -2.42. The smallest absolute Gasteiger partial charge is 0.350 e. The van der Waals surface area contributed by atoms with Gasteiger partial charge in [0.1, 0.15) is 4.90 Å². The second kappa shape index (κ2) is 6.11. The van der Waals surface area contributed by atoms with E-state index in [4.69, 9.17) is 9.47 Å². The first kappa shape index (κ1) is 17.9. The average molecular weight is 377 g/mol. The van der Waals surface area contributed by atoms with E-state index < -0.39 is 27.8 Å². The Morgan fingerprint density at radius 1 is 1.08 bits per heavy atom. The molecule has 2 N–H and O–H groups in total. The van der Waals surface area contributed by atoms with Gasteiger partial charge in [0.15, 0.2) is 5.57 Å². The van der Waals surface area contributed by atoms with Crippen LogP contribution in [0.1, 0.15) is 13.8 Å². The molecule has 0 amide bonds. The van der Waals surface area contributed by atoms with Crippen LogP contribution in [0.25, 0.3) is 10.8 Å². The standard InChI is InChI=1S/C17H15NO7S/c1-17(2)24-15(19)13(16(20)25-17)9-18-11-6-7-12-10(8-11)4-3-5-14(12)26(21,22)23/h3-9,18H,1-2H3,(H,21,22,23). The molecule has 26 heavy (non-hydrogen) atoms. The number of fused-ring (bicyclic) bond motifs is 1. The minimum Gasteiger partial charge on any atom is -0.419 e. The molecule has 0 aromatic heterocycles. The summed E-state index contributed by atoms with van der Waals surface area (Å²) in [4.78, 5) is 23.6. The molecular weight excluding hydrogens is 362 g/mol. The van der Waals surface area contributed by atoms with Crippen molar-refractivity contribution >= 4 is 38.5 Å². The third-order valence-electron chi connectivity index (χ3n) is 3.62. The molecule has 1 aliphatic rings. The Kier molecular flexibility index (Phi) is 4.21. The van der Waals surface area contributed by atoms with Gasteiger partial charge in [0.25, 0.3) is 15.9 Å². The Bertz CT molecular complexity index is 1030. The molecule has 0 spiro atoms. The lowest BCUT2D eigenvalue weighted by atomic mass is 10.1. The number of anilines is 1. The zero-order valence-electron chi connectivity index (χ0n) is 13.8. The second-order valence-corrected chi connectivity index (χ2v) is 7.44. The zero-order valence-corrected chi connectivity index (χ0v) is 14.7. The number of esters is 2. The second-order valence-electron chi connectivity index (χ2n) is 6.05. The Balaban J connectivity index is 1.91. The summed E-state index contributed by atoms with van der Waals surface area (Å²) >= 11 is 0. The SMILES string of the molecule is CC1(C)OC(=O)C(=CNc2ccc3c(S(=O)(=O)O)cccc3c2)C(=O)O1. The van der Waals surface area contributed by atoms with Crippen molar-refractivity contribution in [3.8, 4) is 0 Å². The van der Waals surface area contributed by atoms with Gasteiger partial charge in [-0.2, -0.15) is 8.42 Å². The summed E-state index contributed by atoms with van der Waals surface area (Å²) in [6, 6.07) is 9.09. The molecule has 8 nitrogen and oxygen atoms in total. The van der Waals surface area contributed by atoms with Crippen LogP contribution < -0.4 is 5.32 Å². The van der Waals surface area contributed by atoms with Gasteiger partial charge in [-0.25, -0.2) is 9.59 Å². The molecular formula is C17H15NO7S. The highest BCUT2D eigenvalue weighted by atomic mass is 32.2. The number of ether oxygens (including phenoxy) is 2. The van der Waals surface area contributed by atoms with Crippen LogP contribution in [0.4, 0.5) is 5.69 Å². The highest BCUT2D eigenvalue weighted by Crippen LogP contribution is 2.26. The summed E-state index contributed by atoms with van der Waals surface area (Å²) in [6.45, 7) is 2.90. The summed E-state index contributed by atoms with van der Waals surface area (Å²) in [7, 11) is -4.35. The van der Waals surface area contributed by atoms with Crippen molar-refractivity contribution in [3.05, 3.63) is 48.2 Å². The summed E-state index contributed by atoms with van der Waals surface area (Å²) < 4.78 is 42.1. The highest BCUT2D eigenvalue weighted by molar-refractivity contribution is 7.86. The zero-order chi connectivity index (χ0) is 19.1.